The summed E-state index contributed by atoms with van der Waals surface area (Å²) in [6, 6.07) is 8.05. The van der Waals surface area contributed by atoms with Crippen LogP contribution in [0.3, 0.4) is 0 Å². The van der Waals surface area contributed by atoms with Crippen LogP contribution >= 0.6 is 0 Å². The van der Waals surface area contributed by atoms with Crippen molar-refractivity contribution in [3.05, 3.63) is 35.6 Å². The van der Waals surface area contributed by atoms with E-state index < -0.39 is 11.5 Å². The first kappa shape index (κ1) is 19.9. The van der Waals surface area contributed by atoms with Gasteiger partial charge in [-0.1, -0.05) is 12.1 Å². The topological polar surface area (TPSA) is 82.4 Å². The van der Waals surface area contributed by atoms with E-state index in [0.29, 0.717) is 6.54 Å². The average molecular weight is 361 g/mol. The molecule has 0 saturated heterocycles. The number of amides is 1. The van der Waals surface area contributed by atoms with Crippen molar-refractivity contribution in [2.75, 3.05) is 19.7 Å². The van der Waals surface area contributed by atoms with Gasteiger partial charge in [0.2, 0.25) is 5.91 Å². The first-order valence-corrected chi connectivity index (χ1v) is 8.71. The number of hydrogen-bond acceptors (Lipinski definition) is 5. The lowest BCUT2D eigenvalue weighted by Gasteiger charge is -2.26. The largest absolute Gasteiger partial charge is 0.465 e. The van der Waals surface area contributed by atoms with Gasteiger partial charge in [-0.2, -0.15) is 5.26 Å². The molecule has 140 valence electrons. The van der Waals surface area contributed by atoms with E-state index in [0.717, 1.165) is 18.4 Å². The van der Waals surface area contributed by atoms with Crippen molar-refractivity contribution in [1.82, 2.24) is 10.2 Å². The Bertz CT molecular complexity index is 682. The van der Waals surface area contributed by atoms with Gasteiger partial charge in [0.15, 0.2) is 0 Å². The lowest BCUT2D eigenvalue weighted by Crippen LogP contribution is -2.50. The molecule has 1 aliphatic rings. The maximum atomic E-state index is 13.1. The third-order valence-electron chi connectivity index (χ3n) is 4.37. The monoisotopic (exact) mass is 361 g/mol. The van der Waals surface area contributed by atoms with Gasteiger partial charge in [0.1, 0.15) is 11.4 Å². The molecular formula is C19H24FN3O3. The first-order chi connectivity index (χ1) is 12.4. The number of halogens is 1. The normalized spacial score (nSPS) is 15.8. The van der Waals surface area contributed by atoms with Gasteiger partial charge in [-0.25, -0.2) is 4.39 Å². The predicted octanol–water partition coefficient (Wildman–Crippen LogP) is 2.00. The highest BCUT2D eigenvalue weighted by molar-refractivity contribution is 5.80. The van der Waals surface area contributed by atoms with Crippen LogP contribution in [-0.4, -0.2) is 42.0 Å². The minimum absolute atomic E-state index is 0.0554. The highest BCUT2D eigenvalue weighted by atomic mass is 19.1. The SMILES string of the molecule is CCOC(=O)CN(CC(=O)NC(C)(C#N)C1CC1)Cc1ccc(F)cc1. The number of carbonyl (C=O) groups excluding carboxylic acids is 2. The number of hydrogen-bond donors (Lipinski definition) is 1. The van der Waals surface area contributed by atoms with Crippen LogP contribution in [0.25, 0.3) is 0 Å². The van der Waals surface area contributed by atoms with Crippen LogP contribution in [0, 0.1) is 23.1 Å². The zero-order chi connectivity index (χ0) is 19.2. The van der Waals surface area contributed by atoms with Gasteiger partial charge in [0.25, 0.3) is 0 Å². The Morgan fingerprint density at radius 1 is 1.35 bits per heavy atom. The number of carbonyl (C=O) groups is 2. The first-order valence-electron chi connectivity index (χ1n) is 8.71. The second kappa shape index (κ2) is 8.77. The smallest absolute Gasteiger partial charge is 0.320 e. The maximum Gasteiger partial charge on any atom is 0.320 e. The molecule has 0 bridgehead atoms. The Labute approximate surface area is 152 Å². The summed E-state index contributed by atoms with van der Waals surface area (Å²) in [6.07, 6.45) is 1.85. The van der Waals surface area contributed by atoms with E-state index in [1.165, 1.54) is 12.1 Å². The standard InChI is InChI=1S/C19H24FN3O3/c1-3-26-18(25)12-23(10-14-4-8-16(20)9-5-14)11-17(24)22-19(2,13-21)15-6-7-15/h4-5,8-9,15H,3,6-7,10-12H2,1-2H3,(H,22,24). The third-order valence-corrected chi connectivity index (χ3v) is 4.37. The molecule has 0 heterocycles. The third kappa shape index (κ3) is 5.81. The highest BCUT2D eigenvalue weighted by Gasteiger charge is 2.43. The summed E-state index contributed by atoms with van der Waals surface area (Å²) in [7, 11) is 0. The molecule has 0 aliphatic heterocycles. The number of nitrogens with one attached hydrogen (secondary N) is 1. The minimum Gasteiger partial charge on any atom is -0.465 e. The van der Waals surface area contributed by atoms with Crippen molar-refractivity contribution in [2.45, 2.75) is 38.8 Å². The number of rotatable bonds is 9. The molecule has 1 unspecified atom stereocenters. The number of nitriles is 1. The van der Waals surface area contributed by atoms with Crippen molar-refractivity contribution < 1.29 is 18.7 Å². The van der Waals surface area contributed by atoms with E-state index in [2.05, 4.69) is 11.4 Å². The maximum absolute atomic E-state index is 13.1. The lowest BCUT2D eigenvalue weighted by atomic mass is 9.98. The summed E-state index contributed by atoms with van der Waals surface area (Å²) in [5, 5.41) is 12.1. The molecule has 1 amide bonds. The Kier molecular flexibility index (Phi) is 6.70. The Morgan fingerprint density at radius 3 is 2.54 bits per heavy atom. The number of benzene rings is 1. The van der Waals surface area contributed by atoms with Crippen molar-refractivity contribution >= 4 is 11.9 Å². The van der Waals surface area contributed by atoms with Crippen molar-refractivity contribution in [1.29, 1.82) is 5.26 Å². The van der Waals surface area contributed by atoms with E-state index in [9.17, 15) is 19.2 Å². The molecule has 1 atom stereocenters. The molecule has 2 rings (SSSR count). The fourth-order valence-corrected chi connectivity index (χ4v) is 2.82. The Morgan fingerprint density at radius 2 is 2.00 bits per heavy atom. The van der Waals surface area contributed by atoms with Crippen molar-refractivity contribution in [3.63, 3.8) is 0 Å². The summed E-state index contributed by atoms with van der Waals surface area (Å²) in [4.78, 5) is 25.9. The van der Waals surface area contributed by atoms with Crippen LogP contribution in [-0.2, 0) is 20.9 Å². The summed E-state index contributed by atoms with van der Waals surface area (Å²) >= 11 is 0. The van der Waals surface area contributed by atoms with Gasteiger partial charge < -0.3 is 10.1 Å². The Balaban J connectivity index is 2.02. The van der Waals surface area contributed by atoms with Crippen molar-refractivity contribution in [3.8, 4) is 6.07 Å². The van der Waals surface area contributed by atoms with E-state index in [1.54, 1.807) is 30.9 Å². The van der Waals surface area contributed by atoms with Crippen molar-refractivity contribution in [2.24, 2.45) is 5.92 Å². The van der Waals surface area contributed by atoms with Crippen LogP contribution in [0.5, 0.6) is 0 Å². The van der Waals surface area contributed by atoms with Crippen LogP contribution in [0.2, 0.25) is 0 Å². The van der Waals surface area contributed by atoms with E-state index in [4.69, 9.17) is 4.74 Å². The van der Waals surface area contributed by atoms with E-state index in [-0.39, 0.29) is 37.3 Å². The molecule has 1 N–H and O–H groups in total. The summed E-state index contributed by atoms with van der Waals surface area (Å²) in [6.45, 7) is 3.86. The number of ether oxygens (including phenoxy) is 1. The highest BCUT2D eigenvalue weighted by Crippen LogP contribution is 2.39. The molecule has 6 nitrogen and oxygen atoms in total. The van der Waals surface area contributed by atoms with E-state index >= 15 is 0 Å². The van der Waals surface area contributed by atoms with Gasteiger partial charge in [0.05, 0.1) is 25.8 Å². The lowest BCUT2D eigenvalue weighted by molar-refractivity contribution is -0.144. The quantitative estimate of drug-likeness (QED) is 0.680. The fourth-order valence-electron chi connectivity index (χ4n) is 2.82. The summed E-state index contributed by atoms with van der Waals surface area (Å²) in [5.74, 6) is -0.940. The molecule has 1 aliphatic carbocycles. The van der Waals surface area contributed by atoms with Gasteiger partial charge >= 0.3 is 5.97 Å². The second-order valence-electron chi connectivity index (χ2n) is 6.71. The van der Waals surface area contributed by atoms with Gasteiger partial charge in [-0.3, -0.25) is 14.5 Å². The summed E-state index contributed by atoms with van der Waals surface area (Å²) < 4.78 is 18.0. The zero-order valence-corrected chi connectivity index (χ0v) is 15.1. The molecule has 0 aromatic heterocycles. The molecular weight excluding hydrogens is 337 g/mol. The molecule has 0 radical (unpaired) electrons. The summed E-state index contributed by atoms with van der Waals surface area (Å²) in [5.41, 5.74) is -0.114. The minimum atomic E-state index is -0.886. The average Bonchev–Trinajstić information content (AvgIpc) is 3.42. The molecule has 1 aromatic carbocycles. The number of esters is 1. The Hall–Kier alpha value is -2.46. The molecule has 7 heteroatoms. The van der Waals surface area contributed by atoms with E-state index in [1.807, 2.05) is 0 Å². The molecule has 1 saturated carbocycles. The molecule has 0 spiro atoms. The van der Waals surface area contributed by atoms with Crippen LogP contribution in [0.1, 0.15) is 32.3 Å². The molecule has 1 fully saturated rings. The van der Waals surface area contributed by atoms with Crippen LogP contribution < -0.4 is 5.32 Å². The van der Waals surface area contributed by atoms with Crippen LogP contribution in [0.4, 0.5) is 4.39 Å². The second-order valence-corrected chi connectivity index (χ2v) is 6.71. The van der Waals surface area contributed by atoms with Gasteiger partial charge in [-0.05, 0) is 50.3 Å². The van der Waals surface area contributed by atoms with Gasteiger partial charge in [-0.15, -0.1) is 0 Å². The predicted molar refractivity (Wildman–Crippen MR) is 93.2 cm³/mol. The van der Waals surface area contributed by atoms with Gasteiger partial charge in [0, 0.05) is 6.54 Å². The fraction of sp³-hybridized carbons (Fsp3) is 0.526. The zero-order valence-electron chi connectivity index (χ0n) is 15.1. The molecule has 1 aromatic rings. The van der Waals surface area contributed by atoms with Crippen LogP contribution in [0.15, 0.2) is 24.3 Å². The molecule has 26 heavy (non-hydrogen) atoms. The number of nitrogens with zero attached hydrogens (tertiary/aromatic N) is 2.